The Bertz CT molecular complexity index is 1050. The van der Waals surface area contributed by atoms with Gasteiger partial charge in [0.2, 0.25) is 11.1 Å². The molecule has 0 aliphatic carbocycles. The van der Waals surface area contributed by atoms with E-state index in [4.69, 9.17) is 24.3 Å². The van der Waals surface area contributed by atoms with Gasteiger partial charge in [-0.1, -0.05) is 57.4 Å². The second-order valence-electron chi connectivity index (χ2n) is 9.20. The Kier molecular flexibility index (Phi) is 10.5. The number of nitrogens with one attached hydrogen (secondary N) is 1. The number of unbranched alkanes of at least 4 members (excludes halogenated alkanes) is 4. The lowest BCUT2D eigenvalue weighted by Gasteiger charge is -2.29. The van der Waals surface area contributed by atoms with Gasteiger partial charge >= 0.3 is 5.97 Å². The third-order valence-corrected chi connectivity index (χ3v) is 6.81. The van der Waals surface area contributed by atoms with Crippen LogP contribution in [0.15, 0.2) is 34.6 Å². The highest BCUT2D eigenvalue weighted by Gasteiger charge is 2.36. The van der Waals surface area contributed by atoms with Crippen LogP contribution in [0.4, 0.5) is 5.95 Å². The highest BCUT2D eigenvalue weighted by Crippen LogP contribution is 2.40. The quantitative estimate of drug-likeness (QED) is 0.176. The second-order valence-corrected chi connectivity index (χ2v) is 10.3. The summed E-state index contributed by atoms with van der Waals surface area (Å²) in [5.74, 6) is 2.48. The Morgan fingerprint density at radius 2 is 1.92 bits per heavy atom. The van der Waals surface area contributed by atoms with E-state index < -0.39 is 6.04 Å². The summed E-state index contributed by atoms with van der Waals surface area (Å²) in [5, 5.41) is 8.71. The highest BCUT2D eigenvalue weighted by molar-refractivity contribution is 7.99. The number of anilines is 1. The zero-order valence-electron chi connectivity index (χ0n) is 22.4. The smallest absolute Gasteiger partial charge is 0.338 e. The fourth-order valence-corrected chi connectivity index (χ4v) is 4.95. The van der Waals surface area contributed by atoms with Crippen molar-refractivity contribution in [3.05, 3.63) is 35.0 Å². The normalized spacial score (nSPS) is 15.0. The van der Waals surface area contributed by atoms with Crippen molar-refractivity contribution in [1.29, 1.82) is 0 Å². The first kappa shape index (κ1) is 27.9. The van der Waals surface area contributed by atoms with E-state index in [9.17, 15) is 4.79 Å². The van der Waals surface area contributed by atoms with Crippen molar-refractivity contribution in [1.82, 2.24) is 14.8 Å². The number of carbonyl (C=O) groups is 1. The molecule has 1 aromatic heterocycles. The Hall–Kier alpha value is -2.68. The first-order valence-electron chi connectivity index (χ1n) is 13.0. The lowest BCUT2D eigenvalue weighted by atomic mass is 9.95. The number of methoxy groups -OCH3 is 1. The first-order valence-corrected chi connectivity index (χ1v) is 14.0. The maximum absolute atomic E-state index is 13.2. The van der Waals surface area contributed by atoms with E-state index in [1.807, 2.05) is 39.0 Å². The molecule has 0 spiro atoms. The molecule has 1 atom stereocenters. The van der Waals surface area contributed by atoms with E-state index in [1.54, 1.807) is 23.6 Å². The number of ether oxygens (including phenoxy) is 3. The number of hydrogen-bond acceptors (Lipinski definition) is 8. The summed E-state index contributed by atoms with van der Waals surface area (Å²) in [6.07, 6.45) is 6.49. The van der Waals surface area contributed by atoms with Gasteiger partial charge in [-0.3, -0.25) is 0 Å². The zero-order chi connectivity index (χ0) is 26.1. The van der Waals surface area contributed by atoms with Crippen molar-refractivity contribution in [2.75, 3.05) is 24.8 Å². The van der Waals surface area contributed by atoms with Gasteiger partial charge in [0, 0.05) is 11.4 Å². The van der Waals surface area contributed by atoms with E-state index in [1.165, 1.54) is 12.8 Å². The molecular formula is C27H40N4O4S. The minimum Gasteiger partial charge on any atom is -0.493 e. The summed E-state index contributed by atoms with van der Waals surface area (Å²) in [6, 6.07) is 5.28. The topological polar surface area (TPSA) is 87.5 Å². The van der Waals surface area contributed by atoms with E-state index in [0.717, 1.165) is 37.0 Å². The number of rotatable bonds is 14. The molecule has 3 rings (SSSR count). The number of allylic oxidation sites excluding steroid dienone is 1. The minimum absolute atomic E-state index is 0.242. The average molecular weight is 517 g/mol. The molecule has 0 amide bonds. The maximum Gasteiger partial charge on any atom is 0.338 e. The number of nitrogens with zero attached hydrogens (tertiary/aromatic N) is 3. The molecule has 0 radical (unpaired) electrons. The number of fused-ring (bicyclic) bond motifs is 1. The molecule has 1 unspecified atom stereocenters. The van der Waals surface area contributed by atoms with Crippen molar-refractivity contribution in [3.63, 3.8) is 0 Å². The van der Waals surface area contributed by atoms with E-state index in [-0.39, 0.29) is 12.1 Å². The molecule has 1 aromatic carbocycles. The zero-order valence-corrected chi connectivity index (χ0v) is 23.2. The van der Waals surface area contributed by atoms with Gasteiger partial charge in [-0.05, 0) is 51.3 Å². The SMILES string of the molecule is CCCCCCOc1ccc(C2C(C(=O)OC(C)C)=C(C)Nc3nc(SCCCC)nn32)cc1OC. The van der Waals surface area contributed by atoms with Gasteiger partial charge in [-0.15, -0.1) is 5.10 Å². The molecule has 0 fully saturated rings. The Morgan fingerprint density at radius 1 is 1.14 bits per heavy atom. The Labute approximate surface area is 219 Å². The molecule has 9 heteroatoms. The molecule has 0 bridgehead atoms. The van der Waals surface area contributed by atoms with E-state index in [2.05, 4.69) is 19.2 Å². The summed E-state index contributed by atoms with van der Waals surface area (Å²) in [5.41, 5.74) is 2.05. The monoisotopic (exact) mass is 516 g/mol. The molecule has 0 saturated carbocycles. The van der Waals surface area contributed by atoms with E-state index in [0.29, 0.717) is 40.5 Å². The van der Waals surface area contributed by atoms with Crippen LogP contribution >= 0.6 is 11.8 Å². The van der Waals surface area contributed by atoms with Crippen LogP contribution in [0, 0.1) is 0 Å². The predicted octanol–water partition coefficient (Wildman–Crippen LogP) is 6.38. The molecule has 8 nitrogen and oxygen atoms in total. The summed E-state index contributed by atoms with van der Waals surface area (Å²) in [6.45, 7) is 10.6. The molecule has 2 heterocycles. The van der Waals surface area contributed by atoms with Crippen molar-refractivity contribution >= 4 is 23.7 Å². The molecule has 198 valence electrons. The number of thioether (sulfide) groups is 1. The van der Waals surface area contributed by atoms with Crippen LogP contribution in [0.1, 0.15) is 84.7 Å². The number of carbonyl (C=O) groups excluding carboxylic acids is 1. The summed E-state index contributed by atoms with van der Waals surface area (Å²) in [4.78, 5) is 17.9. The standard InChI is InChI=1S/C27H40N4O4S/c1-7-9-11-12-15-34-21-14-13-20(17-22(21)33-6)24-23(25(32)35-18(3)4)19(5)28-26-29-27(30-31(24)26)36-16-10-8-2/h13-14,17-18,24H,7-12,15-16H2,1-6H3,(H,28,29,30). The van der Waals surface area contributed by atoms with Crippen LogP contribution in [0.5, 0.6) is 11.5 Å². The van der Waals surface area contributed by atoms with Gasteiger partial charge in [0.15, 0.2) is 11.5 Å². The summed E-state index contributed by atoms with van der Waals surface area (Å²) in [7, 11) is 1.63. The van der Waals surface area contributed by atoms with Crippen molar-refractivity contribution in [3.8, 4) is 11.5 Å². The van der Waals surface area contributed by atoms with Crippen LogP contribution in [0.2, 0.25) is 0 Å². The van der Waals surface area contributed by atoms with Crippen LogP contribution in [-0.4, -0.2) is 46.3 Å². The predicted molar refractivity (Wildman–Crippen MR) is 144 cm³/mol. The van der Waals surface area contributed by atoms with Gasteiger partial charge < -0.3 is 19.5 Å². The molecule has 1 aliphatic heterocycles. The highest BCUT2D eigenvalue weighted by atomic mass is 32.2. The second kappa shape index (κ2) is 13.6. The van der Waals surface area contributed by atoms with Crippen LogP contribution in [0.3, 0.4) is 0 Å². The van der Waals surface area contributed by atoms with Crippen LogP contribution in [0.25, 0.3) is 0 Å². The van der Waals surface area contributed by atoms with Gasteiger partial charge in [0.25, 0.3) is 0 Å². The lowest BCUT2D eigenvalue weighted by Crippen LogP contribution is -2.30. The molecule has 36 heavy (non-hydrogen) atoms. The fraction of sp³-hybridized carbons (Fsp3) is 0.593. The summed E-state index contributed by atoms with van der Waals surface area (Å²) < 4.78 is 19.1. The maximum atomic E-state index is 13.2. The molecule has 0 saturated heterocycles. The van der Waals surface area contributed by atoms with Gasteiger partial charge in [0.05, 0.1) is 25.4 Å². The Morgan fingerprint density at radius 3 is 2.61 bits per heavy atom. The third-order valence-electron chi connectivity index (χ3n) is 5.88. The number of benzene rings is 1. The minimum atomic E-state index is -0.506. The number of hydrogen-bond donors (Lipinski definition) is 1. The average Bonchev–Trinajstić information content (AvgIpc) is 3.25. The third kappa shape index (κ3) is 6.96. The van der Waals surface area contributed by atoms with Crippen molar-refractivity contribution in [2.24, 2.45) is 0 Å². The van der Waals surface area contributed by atoms with Gasteiger partial charge in [-0.25, -0.2) is 9.48 Å². The molecule has 1 N–H and O–H groups in total. The lowest BCUT2D eigenvalue weighted by molar-refractivity contribution is -0.143. The van der Waals surface area contributed by atoms with Gasteiger partial charge in [-0.2, -0.15) is 4.98 Å². The fourth-order valence-electron chi connectivity index (χ4n) is 4.03. The molecular weight excluding hydrogens is 476 g/mol. The van der Waals surface area contributed by atoms with Crippen LogP contribution < -0.4 is 14.8 Å². The molecule has 1 aliphatic rings. The van der Waals surface area contributed by atoms with Crippen molar-refractivity contribution < 1.29 is 19.0 Å². The van der Waals surface area contributed by atoms with Gasteiger partial charge in [0.1, 0.15) is 6.04 Å². The molecule has 2 aromatic rings. The number of aromatic nitrogens is 3. The summed E-state index contributed by atoms with van der Waals surface area (Å²) >= 11 is 1.62. The first-order chi connectivity index (χ1) is 17.4. The van der Waals surface area contributed by atoms with Crippen LogP contribution in [-0.2, 0) is 9.53 Å². The number of esters is 1. The van der Waals surface area contributed by atoms with E-state index >= 15 is 0 Å². The Balaban J connectivity index is 1.96. The largest absolute Gasteiger partial charge is 0.493 e. The van der Waals surface area contributed by atoms with Crippen molar-refractivity contribution in [2.45, 2.75) is 90.4 Å².